The molecule has 0 unspecified atom stereocenters. The first-order valence-electron chi connectivity index (χ1n) is 10.2. The summed E-state index contributed by atoms with van der Waals surface area (Å²) in [6, 6.07) is 34.6. The zero-order chi connectivity index (χ0) is 19.8. The Hall–Kier alpha value is -3.45. The van der Waals surface area contributed by atoms with E-state index in [1.165, 1.54) is 38.6 Å². The summed E-state index contributed by atoms with van der Waals surface area (Å²) >= 11 is 0. The standard InChI is InChI=1S/C28H23N/c1-19(2)20-12-14-21(15-13-20)23-16-17-27-25(18-23)28(22-8-4-3-5-9-22)24-10-6-7-11-26(24)29-27/h3-19H,1-2H3. The van der Waals surface area contributed by atoms with E-state index in [0.29, 0.717) is 5.92 Å². The lowest BCUT2D eigenvalue weighted by Crippen LogP contribution is -1.90. The lowest BCUT2D eigenvalue weighted by molar-refractivity contribution is 0.867. The molecule has 1 heterocycles. The van der Waals surface area contributed by atoms with E-state index in [0.717, 1.165) is 11.0 Å². The molecule has 0 fully saturated rings. The fourth-order valence-corrected chi connectivity index (χ4v) is 4.05. The fourth-order valence-electron chi connectivity index (χ4n) is 4.05. The molecule has 5 aromatic rings. The highest BCUT2D eigenvalue weighted by Gasteiger charge is 2.12. The van der Waals surface area contributed by atoms with Crippen LogP contribution in [-0.2, 0) is 0 Å². The van der Waals surface area contributed by atoms with Crippen molar-refractivity contribution in [1.29, 1.82) is 0 Å². The minimum absolute atomic E-state index is 0.543. The summed E-state index contributed by atoms with van der Waals surface area (Å²) in [6.45, 7) is 4.46. The molecule has 1 heteroatoms. The molecule has 0 aliphatic carbocycles. The Balaban J connectivity index is 1.77. The van der Waals surface area contributed by atoms with Crippen molar-refractivity contribution in [3.8, 4) is 22.3 Å². The van der Waals surface area contributed by atoms with Gasteiger partial charge in [-0.3, -0.25) is 0 Å². The molecule has 0 aliphatic rings. The average Bonchev–Trinajstić information content (AvgIpc) is 2.77. The first-order chi connectivity index (χ1) is 14.2. The summed E-state index contributed by atoms with van der Waals surface area (Å²) < 4.78 is 0. The van der Waals surface area contributed by atoms with E-state index in [-0.39, 0.29) is 0 Å². The second-order valence-electron chi connectivity index (χ2n) is 7.88. The molecule has 140 valence electrons. The van der Waals surface area contributed by atoms with Crippen molar-refractivity contribution < 1.29 is 0 Å². The second-order valence-corrected chi connectivity index (χ2v) is 7.88. The summed E-state index contributed by atoms with van der Waals surface area (Å²) in [7, 11) is 0. The van der Waals surface area contributed by atoms with Gasteiger partial charge in [-0.25, -0.2) is 4.98 Å². The van der Waals surface area contributed by atoms with Gasteiger partial charge in [0.05, 0.1) is 11.0 Å². The van der Waals surface area contributed by atoms with Crippen molar-refractivity contribution in [1.82, 2.24) is 4.98 Å². The van der Waals surface area contributed by atoms with Crippen molar-refractivity contribution in [3.05, 3.63) is 103 Å². The minimum atomic E-state index is 0.543. The summed E-state index contributed by atoms with van der Waals surface area (Å²) in [5.41, 5.74) is 8.38. The number of rotatable bonds is 3. The predicted molar refractivity (Wildman–Crippen MR) is 124 cm³/mol. The summed E-state index contributed by atoms with van der Waals surface area (Å²) in [6.07, 6.45) is 0. The number of hydrogen-bond acceptors (Lipinski definition) is 1. The van der Waals surface area contributed by atoms with Crippen LogP contribution in [0.25, 0.3) is 44.1 Å². The molecule has 0 saturated carbocycles. The zero-order valence-corrected chi connectivity index (χ0v) is 16.8. The SMILES string of the molecule is CC(C)c1ccc(-c2ccc3nc4ccccc4c(-c4ccccc4)c3c2)cc1. The van der Waals surface area contributed by atoms with E-state index in [1.807, 2.05) is 0 Å². The molecule has 29 heavy (non-hydrogen) atoms. The van der Waals surface area contributed by atoms with Crippen LogP contribution in [0.5, 0.6) is 0 Å². The third kappa shape index (κ3) is 3.19. The van der Waals surface area contributed by atoms with Crippen molar-refractivity contribution in [2.75, 3.05) is 0 Å². The average molecular weight is 373 g/mol. The lowest BCUT2D eigenvalue weighted by Gasteiger charge is -2.13. The summed E-state index contributed by atoms with van der Waals surface area (Å²) in [4.78, 5) is 4.94. The van der Waals surface area contributed by atoms with E-state index in [9.17, 15) is 0 Å². The Morgan fingerprint density at radius 3 is 1.97 bits per heavy atom. The number of aromatic nitrogens is 1. The molecule has 4 aromatic carbocycles. The van der Waals surface area contributed by atoms with Gasteiger partial charge in [0, 0.05) is 16.3 Å². The van der Waals surface area contributed by atoms with Crippen LogP contribution in [0, 0.1) is 0 Å². The van der Waals surface area contributed by atoms with E-state index in [4.69, 9.17) is 4.98 Å². The van der Waals surface area contributed by atoms with Crippen LogP contribution in [0.2, 0.25) is 0 Å². The lowest BCUT2D eigenvalue weighted by atomic mass is 9.93. The molecular weight excluding hydrogens is 350 g/mol. The van der Waals surface area contributed by atoms with Gasteiger partial charge in [-0.2, -0.15) is 0 Å². The summed E-state index contributed by atoms with van der Waals surface area (Å²) in [5.74, 6) is 0.543. The number of benzene rings is 4. The predicted octanol–water partition coefficient (Wildman–Crippen LogP) is 7.85. The molecule has 0 bridgehead atoms. The number of para-hydroxylation sites is 1. The van der Waals surface area contributed by atoms with Crippen molar-refractivity contribution in [2.24, 2.45) is 0 Å². The minimum Gasteiger partial charge on any atom is -0.248 e. The van der Waals surface area contributed by atoms with Gasteiger partial charge < -0.3 is 0 Å². The van der Waals surface area contributed by atoms with Crippen molar-refractivity contribution in [3.63, 3.8) is 0 Å². The van der Waals surface area contributed by atoms with Crippen LogP contribution in [0.15, 0.2) is 97.1 Å². The van der Waals surface area contributed by atoms with Crippen LogP contribution < -0.4 is 0 Å². The van der Waals surface area contributed by atoms with E-state index < -0.39 is 0 Å². The van der Waals surface area contributed by atoms with Gasteiger partial charge >= 0.3 is 0 Å². The maximum absolute atomic E-state index is 4.94. The molecule has 0 aliphatic heterocycles. The largest absolute Gasteiger partial charge is 0.248 e. The van der Waals surface area contributed by atoms with Gasteiger partial charge in [0.2, 0.25) is 0 Å². The second kappa shape index (κ2) is 7.18. The maximum atomic E-state index is 4.94. The third-order valence-corrected chi connectivity index (χ3v) is 5.65. The monoisotopic (exact) mass is 373 g/mol. The molecule has 0 atom stereocenters. The zero-order valence-electron chi connectivity index (χ0n) is 16.8. The fraction of sp³-hybridized carbons (Fsp3) is 0.107. The van der Waals surface area contributed by atoms with Crippen molar-refractivity contribution >= 4 is 21.8 Å². The van der Waals surface area contributed by atoms with E-state index >= 15 is 0 Å². The van der Waals surface area contributed by atoms with Crippen LogP contribution in [0.1, 0.15) is 25.3 Å². The summed E-state index contributed by atoms with van der Waals surface area (Å²) in [5, 5.41) is 2.39. The van der Waals surface area contributed by atoms with Gasteiger partial charge in [-0.1, -0.05) is 92.7 Å². The Kier molecular flexibility index (Phi) is 4.37. The topological polar surface area (TPSA) is 12.9 Å². The quantitative estimate of drug-likeness (QED) is 0.293. The molecule has 1 nitrogen and oxygen atoms in total. The van der Waals surface area contributed by atoms with Crippen LogP contribution in [0.4, 0.5) is 0 Å². The first-order valence-corrected chi connectivity index (χ1v) is 10.2. The number of pyridine rings is 1. The first kappa shape index (κ1) is 17.6. The number of fused-ring (bicyclic) bond motifs is 2. The molecule has 0 N–H and O–H groups in total. The molecule has 0 saturated heterocycles. The van der Waals surface area contributed by atoms with Gasteiger partial charge in [-0.05, 0) is 46.4 Å². The van der Waals surface area contributed by atoms with Gasteiger partial charge in [-0.15, -0.1) is 0 Å². The van der Waals surface area contributed by atoms with Crippen LogP contribution in [0.3, 0.4) is 0 Å². The highest BCUT2D eigenvalue weighted by atomic mass is 14.7. The van der Waals surface area contributed by atoms with Crippen molar-refractivity contribution in [2.45, 2.75) is 19.8 Å². The normalized spacial score (nSPS) is 11.4. The Labute approximate surface area is 171 Å². The Morgan fingerprint density at radius 1 is 0.552 bits per heavy atom. The van der Waals surface area contributed by atoms with Gasteiger partial charge in [0.15, 0.2) is 0 Å². The molecule has 0 radical (unpaired) electrons. The Bertz CT molecular complexity index is 1300. The number of nitrogens with zero attached hydrogens (tertiary/aromatic N) is 1. The third-order valence-electron chi connectivity index (χ3n) is 5.65. The smallest absolute Gasteiger partial charge is 0.0716 e. The molecular formula is C28H23N. The van der Waals surface area contributed by atoms with Crippen LogP contribution in [-0.4, -0.2) is 4.98 Å². The van der Waals surface area contributed by atoms with Crippen LogP contribution >= 0.6 is 0 Å². The maximum Gasteiger partial charge on any atom is 0.0716 e. The van der Waals surface area contributed by atoms with Gasteiger partial charge in [0.25, 0.3) is 0 Å². The highest BCUT2D eigenvalue weighted by molar-refractivity contribution is 6.10. The number of hydrogen-bond donors (Lipinski definition) is 0. The molecule has 1 aromatic heterocycles. The molecule has 0 spiro atoms. The highest BCUT2D eigenvalue weighted by Crippen LogP contribution is 2.36. The molecule has 0 amide bonds. The van der Waals surface area contributed by atoms with E-state index in [1.54, 1.807) is 0 Å². The van der Waals surface area contributed by atoms with E-state index in [2.05, 4.69) is 111 Å². The Morgan fingerprint density at radius 2 is 1.21 bits per heavy atom. The molecule has 5 rings (SSSR count). The van der Waals surface area contributed by atoms with Gasteiger partial charge in [0.1, 0.15) is 0 Å².